The molecule has 72 heavy (non-hydrogen) atoms. The van der Waals surface area contributed by atoms with Crippen LogP contribution in [-0.4, -0.2) is 114 Å². The summed E-state index contributed by atoms with van der Waals surface area (Å²) in [5.41, 5.74) is 8.73. The molecular weight excluding hydrogens is 975 g/mol. The molecule has 2 spiro atoms. The predicted molar refractivity (Wildman–Crippen MR) is 281 cm³/mol. The fraction of sp³-hybridized carbons (Fsp3) is 0.517. The lowest BCUT2D eigenvalue weighted by Crippen LogP contribution is -2.44. The molecule has 4 aromatic rings. The minimum absolute atomic E-state index is 0.184. The second-order valence-electron chi connectivity index (χ2n) is 22.4. The van der Waals surface area contributed by atoms with E-state index in [1.165, 1.54) is 24.0 Å². The number of carboxylic acid groups (broad SMARTS) is 2. The van der Waals surface area contributed by atoms with Crippen molar-refractivity contribution in [2.24, 2.45) is 10.8 Å². The Hall–Kier alpha value is -4.86. The number of aryl methyl sites for hydroxylation is 2. The van der Waals surface area contributed by atoms with Crippen LogP contribution in [0.4, 0.5) is 0 Å². The van der Waals surface area contributed by atoms with Crippen molar-refractivity contribution < 1.29 is 48.2 Å². The zero-order valence-electron chi connectivity index (χ0n) is 42.7. The highest BCUT2D eigenvalue weighted by Crippen LogP contribution is 2.66. The number of likely N-dealkylation sites (tertiary alicyclic amines) is 2. The van der Waals surface area contributed by atoms with Crippen molar-refractivity contribution >= 4 is 52.3 Å². The number of carboxylic acids is 2. The minimum Gasteiger partial charge on any atom is -0.478 e. The number of rotatable bonds is 8. The van der Waals surface area contributed by atoms with Crippen LogP contribution in [0.15, 0.2) is 89.4 Å². The Morgan fingerprint density at radius 3 is 1.43 bits per heavy atom. The van der Waals surface area contributed by atoms with Gasteiger partial charge in [0.1, 0.15) is 12.2 Å². The molecule has 4 atom stereocenters. The van der Waals surface area contributed by atoms with Crippen LogP contribution in [0.1, 0.15) is 147 Å². The van der Waals surface area contributed by atoms with Gasteiger partial charge in [0.15, 0.2) is 0 Å². The van der Waals surface area contributed by atoms with Gasteiger partial charge in [-0.25, -0.2) is 9.59 Å². The molecule has 4 aromatic carbocycles. The number of carbonyl (C=O) groups excluding carboxylic acids is 2. The molecule has 2 amide bonds. The van der Waals surface area contributed by atoms with Crippen molar-refractivity contribution in [1.82, 2.24) is 9.80 Å². The standard InChI is InChI=1S/C26H29NO4.C24H34BNO4.C8H7BrO2/c1-17-15-20(25(29)30)8-9-21(17)18-4-6-19(7-5-18)22-16-26(22)10-12-27(13-11-26)24(28)23-3-2-14-31-23;1-22(2)23(3,4)30-25(29-22)18-9-7-17(8-10-18)19-16-24(19)11-13-26(14-12-24)21(27)20-6-5-15-28-20;1-5-4-6(8(10)11)2-3-7(5)9/h4-9,15,22-23H,2-3,10-14,16H2,1H3,(H,29,30);7-10,19-20H,5-6,11-16H2,1-4H3;2-4H,1H3,(H,10,11)/t22-,23+;19-,20+;/m00./s1. The van der Waals surface area contributed by atoms with Gasteiger partial charge < -0.3 is 38.8 Å². The number of aromatic carboxylic acids is 2. The van der Waals surface area contributed by atoms with E-state index in [4.69, 9.17) is 29.0 Å². The summed E-state index contributed by atoms with van der Waals surface area (Å²) in [6.07, 6.45) is 10.2. The molecule has 7 fully saturated rings. The number of benzene rings is 4. The number of ether oxygens (including phenoxy) is 2. The van der Waals surface area contributed by atoms with Crippen LogP contribution in [0.3, 0.4) is 0 Å². The average Bonchev–Trinajstić information content (AvgIpc) is 3.88. The first-order valence-corrected chi connectivity index (χ1v) is 26.8. The van der Waals surface area contributed by atoms with Gasteiger partial charge in [0, 0.05) is 43.9 Å². The zero-order valence-corrected chi connectivity index (χ0v) is 44.3. The molecule has 11 rings (SSSR count). The number of amides is 2. The average molecular weight is 1050 g/mol. The summed E-state index contributed by atoms with van der Waals surface area (Å²) in [5, 5.41) is 17.8. The molecular formula is C58H70BBrN2O10. The lowest BCUT2D eigenvalue weighted by Gasteiger charge is -2.34. The minimum atomic E-state index is -0.896. The molecule has 5 heterocycles. The maximum atomic E-state index is 12.6. The summed E-state index contributed by atoms with van der Waals surface area (Å²) in [6, 6.07) is 27.8. The molecule has 382 valence electrons. The van der Waals surface area contributed by atoms with E-state index in [0.29, 0.717) is 33.8 Å². The number of hydrogen-bond acceptors (Lipinski definition) is 8. The Morgan fingerprint density at radius 2 is 1.03 bits per heavy atom. The van der Waals surface area contributed by atoms with Gasteiger partial charge in [-0.15, -0.1) is 0 Å². The van der Waals surface area contributed by atoms with E-state index in [0.717, 1.165) is 123 Å². The van der Waals surface area contributed by atoms with Gasteiger partial charge in [-0.3, -0.25) is 9.59 Å². The number of piperidine rings is 2. The summed E-state index contributed by atoms with van der Waals surface area (Å²) in [7, 11) is -0.302. The lowest BCUT2D eigenvalue weighted by atomic mass is 9.78. The third-order valence-electron chi connectivity index (χ3n) is 17.3. The fourth-order valence-electron chi connectivity index (χ4n) is 11.7. The van der Waals surface area contributed by atoms with Crippen molar-refractivity contribution in [1.29, 1.82) is 0 Å². The number of hydrogen-bond donors (Lipinski definition) is 2. The highest BCUT2D eigenvalue weighted by Gasteiger charge is 2.57. The predicted octanol–water partition coefficient (Wildman–Crippen LogP) is 10.4. The molecule has 0 bridgehead atoms. The van der Waals surface area contributed by atoms with Crippen LogP contribution < -0.4 is 5.46 Å². The largest absolute Gasteiger partial charge is 0.494 e. The fourth-order valence-corrected chi connectivity index (χ4v) is 11.9. The Kier molecular flexibility index (Phi) is 15.0. The first-order valence-electron chi connectivity index (χ1n) is 26.0. The molecule has 0 radical (unpaired) electrons. The van der Waals surface area contributed by atoms with Gasteiger partial charge in [-0.2, -0.15) is 0 Å². The van der Waals surface area contributed by atoms with E-state index in [-0.39, 0.29) is 42.3 Å². The Morgan fingerprint density at radius 1 is 0.597 bits per heavy atom. The molecule has 14 heteroatoms. The second kappa shape index (κ2) is 20.8. The lowest BCUT2D eigenvalue weighted by molar-refractivity contribution is -0.143. The summed E-state index contributed by atoms with van der Waals surface area (Å²) < 4.78 is 24.5. The van der Waals surface area contributed by atoms with Crippen molar-refractivity contribution in [3.05, 3.63) is 123 Å². The van der Waals surface area contributed by atoms with Gasteiger partial charge in [0.05, 0.1) is 22.3 Å². The maximum absolute atomic E-state index is 12.6. The second-order valence-corrected chi connectivity index (χ2v) is 23.2. The van der Waals surface area contributed by atoms with E-state index in [1.54, 1.807) is 30.3 Å². The Balaban J connectivity index is 0.000000147. The smallest absolute Gasteiger partial charge is 0.478 e. The maximum Gasteiger partial charge on any atom is 0.494 e. The topological polar surface area (TPSA) is 152 Å². The van der Waals surface area contributed by atoms with Gasteiger partial charge >= 0.3 is 19.1 Å². The van der Waals surface area contributed by atoms with E-state index < -0.39 is 11.9 Å². The van der Waals surface area contributed by atoms with Crippen molar-refractivity contribution in [3.8, 4) is 11.1 Å². The summed E-state index contributed by atoms with van der Waals surface area (Å²) in [5.74, 6) is -0.181. The van der Waals surface area contributed by atoms with E-state index in [9.17, 15) is 19.2 Å². The van der Waals surface area contributed by atoms with Crippen LogP contribution in [0.5, 0.6) is 0 Å². The van der Waals surface area contributed by atoms with Crippen LogP contribution in [0.25, 0.3) is 11.1 Å². The highest BCUT2D eigenvalue weighted by atomic mass is 79.9. The summed E-state index contributed by atoms with van der Waals surface area (Å²) in [4.78, 5) is 50.9. The molecule has 12 nitrogen and oxygen atoms in total. The molecule has 2 aliphatic carbocycles. The van der Waals surface area contributed by atoms with Crippen LogP contribution in [-0.2, 0) is 28.4 Å². The molecule has 0 unspecified atom stereocenters. The molecule has 5 aliphatic heterocycles. The number of nitrogens with zero attached hydrogens (tertiary/aromatic N) is 2. The third-order valence-corrected chi connectivity index (χ3v) is 18.2. The van der Waals surface area contributed by atoms with Gasteiger partial charge in [-0.05, 0) is 198 Å². The monoisotopic (exact) mass is 1040 g/mol. The van der Waals surface area contributed by atoms with Gasteiger partial charge in [0.2, 0.25) is 0 Å². The number of halogens is 1. The van der Waals surface area contributed by atoms with Gasteiger partial charge in [0.25, 0.3) is 11.8 Å². The van der Waals surface area contributed by atoms with Crippen LogP contribution in [0, 0.1) is 24.7 Å². The Labute approximate surface area is 433 Å². The third kappa shape index (κ3) is 11.0. The van der Waals surface area contributed by atoms with E-state index >= 15 is 0 Å². The first-order chi connectivity index (χ1) is 34.3. The van der Waals surface area contributed by atoms with Gasteiger partial charge in [-0.1, -0.05) is 70.5 Å². The molecule has 7 aliphatic rings. The Bertz CT molecular complexity index is 2630. The quantitative estimate of drug-likeness (QED) is 0.163. The highest BCUT2D eigenvalue weighted by molar-refractivity contribution is 9.10. The van der Waals surface area contributed by atoms with Crippen LogP contribution in [0.2, 0.25) is 0 Å². The first kappa shape index (κ1) is 52.0. The number of carbonyl (C=O) groups is 4. The summed E-state index contributed by atoms with van der Waals surface area (Å²) >= 11 is 3.29. The van der Waals surface area contributed by atoms with E-state index in [2.05, 4.69) is 92.2 Å². The summed E-state index contributed by atoms with van der Waals surface area (Å²) in [6.45, 7) is 17.1. The van der Waals surface area contributed by atoms with Crippen LogP contribution >= 0.6 is 15.9 Å². The molecule has 0 aromatic heterocycles. The SMILES string of the molecule is CC1(C)OB(c2ccc([C@@H]3CC34CCN(C(=O)[C@H]3CCCO3)CC4)cc2)OC1(C)C.Cc1cc(C(=O)O)ccc1-c1ccc([C@@H]2CC23CCN(C(=O)[C@H]2CCCO2)CC3)cc1.Cc1cc(C(=O)O)ccc1Br. The van der Waals surface area contributed by atoms with Crippen molar-refractivity contribution in [3.63, 3.8) is 0 Å². The normalized spacial score (nSPS) is 25.0. The molecule has 2 saturated carbocycles. The van der Waals surface area contributed by atoms with E-state index in [1.807, 2.05) is 29.7 Å². The molecule has 2 N–H and O–H groups in total. The van der Waals surface area contributed by atoms with Crippen molar-refractivity contribution in [2.45, 2.75) is 141 Å². The molecule has 5 saturated heterocycles. The van der Waals surface area contributed by atoms with Crippen molar-refractivity contribution in [2.75, 3.05) is 39.4 Å². The zero-order chi connectivity index (χ0) is 51.2.